The Bertz CT molecular complexity index is 823. The lowest BCUT2D eigenvalue weighted by Crippen LogP contribution is -2.38. The largest absolute Gasteiger partial charge is 0.326 e. The van der Waals surface area contributed by atoms with Crippen molar-refractivity contribution < 1.29 is 14.4 Å². The maximum absolute atomic E-state index is 12.5. The SMILES string of the molecule is CC(=O)c1ccc(NC(=O)CCN2CCC(C(=O)c3ccccc3)CC2)cc1. The molecule has 0 radical (unpaired) electrons. The standard InChI is InChI=1S/C23H26N2O3/c1-17(26)18-7-9-21(10-8-18)24-22(27)13-16-25-14-11-20(12-15-25)23(28)19-5-3-2-4-6-19/h2-10,20H,11-16H2,1H3,(H,24,27). The first-order chi connectivity index (χ1) is 13.5. The van der Waals surface area contributed by atoms with Crippen LogP contribution in [0.5, 0.6) is 0 Å². The molecular weight excluding hydrogens is 352 g/mol. The van der Waals surface area contributed by atoms with Crippen LogP contribution < -0.4 is 5.32 Å². The van der Waals surface area contributed by atoms with Gasteiger partial charge >= 0.3 is 0 Å². The molecular formula is C23H26N2O3. The van der Waals surface area contributed by atoms with Crippen molar-refractivity contribution in [3.05, 3.63) is 65.7 Å². The van der Waals surface area contributed by atoms with Gasteiger partial charge in [-0.2, -0.15) is 0 Å². The minimum atomic E-state index is -0.0435. The third-order valence-electron chi connectivity index (χ3n) is 5.25. The molecule has 2 aromatic rings. The van der Waals surface area contributed by atoms with Gasteiger partial charge in [0.2, 0.25) is 5.91 Å². The van der Waals surface area contributed by atoms with Crippen molar-refractivity contribution in [2.24, 2.45) is 5.92 Å². The number of hydrogen-bond acceptors (Lipinski definition) is 4. The van der Waals surface area contributed by atoms with E-state index in [1.165, 1.54) is 6.92 Å². The van der Waals surface area contributed by atoms with Crippen molar-refractivity contribution in [1.82, 2.24) is 4.90 Å². The lowest BCUT2D eigenvalue weighted by atomic mass is 9.89. The zero-order valence-electron chi connectivity index (χ0n) is 16.2. The molecule has 5 heteroatoms. The normalized spacial score (nSPS) is 15.2. The Balaban J connectivity index is 1.40. The summed E-state index contributed by atoms with van der Waals surface area (Å²) in [6.45, 7) is 3.88. The second-order valence-corrected chi connectivity index (χ2v) is 7.28. The zero-order valence-corrected chi connectivity index (χ0v) is 16.2. The Kier molecular flexibility index (Phi) is 6.71. The molecule has 0 spiro atoms. The van der Waals surface area contributed by atoms with Crippen LogP contribution >= 0.6 is 0 Å². The summed E-state index contributed by atoms with van der Waals surface area (Å²) < 4.78 is 0. The first-order valence-corrected chi connectivity index (χ1v) is 9.75. The fraction of sp³-hybridized carbons (Fsp3) is 0.348. The van der Waals surface area contributed by atoms with Gasteiger partial charge in [-0.25, -0.2) is 0 Å². The van der Waals surface area contributed by atoms with E-state index in [2.05, 4.69) is 10.2 Å². The van der Waals surface area contributed by atoms with Crippen LogP contribution in [0.25, 0.3) is 0 Å². The maximum atomic E-state index is 12.5. The number of hydrogen-bond donors (Lipinski definition) is 1. The van der Waals surface area contributed by atoms with Crippen LogP contribution in [0.15, 0.2) is 54.6 Å². The Labute approximate surface area is 165 Å². The molecule has 2 aromatic carbocycles. The molecule has 0 bridgehead atoms. The highest BCUT2D eigenvalue weighted by atomic mass is 16.1. The Morgan fingerprint density at radius 2 is 1.57 bits per heavy atom. The van der Waals surface area contributed by atoms with Crippen LogP contribution in [0.2, 0.25) is 0 Å². The lowest BCUT2D eigenvalue weighted by Gasteiger charge is -2.31. The predicted molar refractivity (Wildman–Crippen MR) is 110 cm³/mol. The van der Waals surface area contributed by atoms with Crippen molar-refractivity contribution in [3.8, 4) is 0 Å². The van der Waals surface area contributed by atoms with Gasteiger partial charge in [0.05, 0.1) is 0 Å². The van der Waals surface area contributed by atoms with E-state index in [0.29, 0.717) is 24.2 Å². The molecule has 1 amide bonds. The molecule has 1 aliphatic heterocycles. The van der Waals surface area contributed by atoms with Crippen molar-refractivity contribution in [2.75, 3.05) is 25.0 Å². The van der Waals surface area contributed by atoms with E-state index in [4.69, 9.17) is 0 Å². The molecule has 0 unspecified atom stereocenters. The average Bonchev–Trinajstić information content (AvgIpc) is 2.73. The maximum Gasteiger partial charge on any atom is 0.225 e. The molecule has 3 rings (SSSR count). The summed E-state index contributed by atoms with van der Waals surface area (Å²) in [5.41, 5.74) is 2.12. The molecule has 28 heavy (non-hydrogen) atoms. The van der Waals surface area contributed by atoms with Crippen molar-refractivity contribution in [3.63, 3.8) is 0 Å². The Morgan fingerprint density at radius 1 is 0.929 bits per heavy atom. The van der Waals surface area contributed by atoms with Crippen LogP contribution in [-0.2, 0) is 4.79 Å². The number of nitrogens with zero attached hydrogens (tertiary/aromatic N) is 1. The summed E-state index contributed by atoms with van der Waals surface area (Å²) in [5.74, 6) is 0.268. The average molecular weight is 378 g/mol. The van der Waals surface area contributed by atoms with E-state index >= 15 is 0 Å². The number of Topliss-reactive ketones (excluding diaryl/α,β-unsaturated/α-hetero) is 2. The van der Waals surface area contributed by atoms with Gasteiger partial charge in [-0.05, 0) is 57.1 Å². The van der Waals surface area contributed by atoms with Gasteiger partial charge in [-0.15, -0.1) is 0 Å². The summed E-state index contributed by atoms with van der Waals surface area (Å²) in [7, 11) is 0. The number of amides is 1. The van der Waals surface area contributed by atoms with Crippen LogP contribution in [0, 0.1) is 5.92 Å². The third kappa shape index (κ3) is 5.36. The van der Waals surface area contributed by atoms with Crippen molar-refractivity contribution in [2.45, 2.75) is 26.2 Å². The molecule has 0 atom stereocenters. The molecule has 0 saturated carbocycles. The third-order valence-corrected chi connectivity index (χ3v) is 5.25. The number of piperidine rings is 1. The number of carbonyl (C=O) groups is 3. The van der Waals surface area contributed by atoms with Crippen LogP contribution in [0.3, 0.4) is 0 Å². The summed E-state index contributed by atoms with van der Waals surface area (Å²) in [6, 6.07) is 16.4. The molecule has 0 aromatic heterocycles. The smallest absolute Gasteiger partial charge is 0.225 e. The van der Waals surface area contributed by atoms with Gasteiger partial charge < -0.3 is 10.2 Å². The van der Waals surface area contributed by atoms with E-state index in [1.807, 2.05) is 30.3 Å². The summed E-state index contributed by atoms with van der Waals surface area (Å²) in [5, 5.41) is 2.87. The molecule has 146 valence electrons. The topological polar surface area (TPSA) is 66.5 Å². The van der Waals surface area contributed by atoms with E-state index in [-0.39, 0.29) is 23.4 Å². The number of likely N-dealkylation sites (tertiary alicyclic amines) is 1. The zero-order chi connectivity index (χ0) is 19.9. The molecule has 1 aliphatic rings. The second-order valence-electron chi connectivity index (χ2n) is 7.28. The van der Waals surface area contributed by atoms with Crippen LogP contribution in [-0.4, -0.2) is 42.0 Å². The fourth-order valence-corrected chi connectivity index (χ4v) is 3.53. The first kappa shape index (κ1) is 20.0. The number of anilines is 1. The number of ketones is 2. The fourth-order valence-electron chi connectivity index (χ4n) is 3.53. The van der Waals surface area contributed by atoms with Crippen LogP contribution in [0.4, 0.5) is 5.69 Å². The number of rotatable bonds is 7. The highest BCUT2D eigenvalue weighted by Gasteiger charge is 2.25. The number of nitrogens with one attached hydrogen (secondary N) is 1. The van der Waals surface area contributed by atoms with Gasteiger partial charge in [-0.1, -0.05) is 30.3 Å². The monoisotopic (exact) mass is 378 g/mol. The molecule has 0 aliphatic carbocycles. The van der Waals surface area contributed by atoms with Gasteiger partial charge in [0.15, 0.2) is 11.6 Å². The minimum absolute atomic E-state index is 0.00650. The van der Waals surface area contributed by atoms with Crippen molar-refractivity contribution in [1.29, 1.82) is 0 Å². The van der Waals surface area contributed by atoms with Gasteiger partial charge in [0.1, 0.15) is 0 Å². The van der Waals surface area contributed by atoms with Gasteiger partial charge in [0, 0.05) is 35.7 Å². The summed E-state index contributed by atoms with van der Waals surface area (Å²) in [6.07, 6.45) is 2.08. The second kappa shape index (κ2) is 9.42. The predicted octanol–water partition coefficient (Wildman–Crippen LogP) is 3.81. The summed E-state index contributed by atoms with van der Waals surface area (Å²) in [4.78, 5) is 38.2. The molecule has 1 N–H and O–H groups in total. The van der Waals surface area contributed by atoms with Gasteiger partial charge in [-0.3, -0.25) is 14.4 Å². The van der Waals surface area contributed by atoms with E-state index < -0.39 is 0 Å². The highest BCUT2D eigenvalue weighted by Crippen LogP contribution is 2.22. The van der Waals surface area contributed by atoms with Crippen molar-refractivity contribution >= 4 is 23.2 Å². The highest BCUT2D eigenvalue weighted by molar-refractivity contribution is 5.98. The molecule has 1 heterocycles. The van der Waals surface area contributed by atoms with Crippen LogP contribution in [0.1, 0.15) is 46.9 Å². The summed E-state index contributed by atoms with van der Waals surface area (Å²) >= 11 is 0. The molecule has 1 fully saturated rings. The van der Waals surface area contributed by atoms with E-state index in [0.717, 1.165) is 31.5 Å². The first-order valence-electron chi connectivity index (χ1n) is 9.75. The van der Waals surface area contributed by atoms with E-state index in [1.54, 1.807) is 24.3 Å². The van der Waals surface area contributed by atoms with E-state index in [9.17, 15) is 14.4 Å². The molecule has 5 nitrogen and oxygen atoms in total. The number of carbonyl (C=O) groups excluding carboxylic acids is 3. The molecule has 1 saturated heterocycles. The minimum Gasteiger partial charge on any atom is -0.326 e. The number of benzene rings is 2. The van der Waals surface area contributed by atoms with Gasteiger partial charge in [0.25, 0.3) is 0 Å². The lowest BCUT2D eigenvalue weighted by molar-refractivity contribution is -0.116. The quantitative estimate of drug-likeness (QED) is 0.744. The Morgan fingerprint density at radius 3 is 2.18 bits per heavy atom. The Hall–Kier alpha value is -2.79.